The van der Waals surface area contributed by atoms with E-state index in [0.29, 0.717) is 11.3 Å². The van der Waals surface area contributed by atoms with Crippen LogP contribution >= 0.6 is 0 Å². The molecule has 3 N–H and O–H groups in total. The van der Waals surface area contributed by atoms with Crippen LogP contribution in [0.25, 0.3) is 0 Å². The molecule has 0 amide bonds. The van der Waals surface area contributed by atoms with Crippen molar-refractivity contribution in [2.45, 2.75) is 38.4 Å². The van der Waals surface area contributed by atoms with Crippen molar-refractivity contribution in [1.29, 1.82) is 0 Å². The SMILES string of the molecule is CC(C)(O)c1cccc(NCC(C)(O)C(F)F)c1. The standard InChI is InChI=1S/C13H19F2NO2/c1-12(2,17)9-5-4-6-10(7-9)16-8-13(3,18)11(14)15/h4-7,11,16-18H,8H2,1-3H3. The Morgan fingerprint density at radius 1 is 1.22 bits per heavy atom. The fourth-order valence-corrected chi connectivity index (χ4v) is 1.37. The van der Waals surface area contributed by atoms with Crippen molar-refractivity contribution in [3.8, 4) is 0 Å². The normalized spacial score (nSPS) is 15.6. The molecule has 1 rings (SSSR count). The maximum absolute atomic E-state index is 12.5. The van der Waals surface area contributed by atoms with Gasteiger partial charge < -0.3 is 15.5 Å². The number of rotatable bonds is 5. The number of alkyl halides is 2. The van der Waals surface area contributed by atoms with Gasteiger partial charge in [-0.3, -0.25) is 0 Å². The van der Waals surface area contributed by atoms with Crippen LogP contribution in [0, 0.1) is 0 Å². The van der Waals surface area contributed by atoms with Gasteiger partial charge in [0.15, 0.2) is 0 Å². The van der Waals surface area contributed by atoms with E-state index in [0.717, 1.165) is 6.92 Å². The minimum absolute atomic E-state index is 0.264. The largest absolute Gasteiger partial charge is 0.386 e. The third-order valence-electron chi connectivity index (χ3n) is 2.69. The second-order valence-electron chi connectivity index (χ2n) is 5.15. The highest BCUT2D eigenvalue weighted by Crippen LogP contribution is 2.23. The number of hydrogen-bond acceptors (Lipinski definition) is 3. The molecule has 0 aliphatic rings. The monoisotopic (exact) mass is 259 g/mol. The molecule has 18 heavy (non-hydrogen) atoms. The maximum atomic E-state index is 12.5. The number of hydrogen-bond donors (Lipinski definition) is 3. The highest BCUT2D eigenvalue weighted by molar-refractivity contribution is 5.47. The Balaban J connectivity index is 2.75. The average molecular weight is 259 g/mol. The molecule has 102 valence electrons. The molecule has 0 saturated heterocycles. The summed E-state index contributed by atoms with van der Waals surface area (Å²) in [5.74, 6) is 0. The van der Waals surface area contributed by atoms with E-state index < -0.39 is 17.6 Å². The van der Waals surface area contributed by atoms with Crippen molar-refractivity contribution in [1.82, 2.24) is 0 Å². The Bertz CT molecular complexity index is 400. The molecule has 5 heteroatoms. The van der Waals surface area contributed by atoms with Crippen LogP contribution in [-0.4, -0.2) is 28.8 Å². The summed E-state index contributed by atoms with van der Waals surface area (Å²) >= 11 is 0. The Hall–Kier alpha value is -1.20. The van der Waals surface area contributed by atoms with Crippen LogP contribution in [0.1, 0.15) is 26.3 Å². The fourth-order valence-electron chi connectivity index (χ4n) is 1.37. The Kier molecular flexibility index (Phi) is 4.29. The molecule has 0 aliphatic carbocycles. The Morgan fingerprint density at radius 2 is 1.83 bits per heavy atom. The quantitative estimate of drug-likeness (QED) is 0.760. The average Bonchev–Trinajstić information content (AvgIpc) is 2.25. The molecule has 0 radical (unpaired) electrons. The summed E-state index contributed by atoms with van der Waals surface area (Å²) in [5.41, 5.74) is -1.83. The molecule has 1 unspecified atom stereocenters. The van der Waals surface area contributed by atoms with Crippen LogP contribution in [0.4, 0.5) is 14.5 Å². The number of aliphatic hydroxyl groups is 2. The first-order chi connectivity index (χ1) is 8.13. The van der Waals surface area contributed by atoms with Crippen molar-refractivity contribution in [2.75, 3.05) is 11.9 Å². The number of benzene rings is 1. The van der Waals surface area contributed by atoms with Gasteiger partial charge in [0.2, 0.25) is 0 Å². The first-order valence-electron chi connectivity index (χ1n) is 5.70. The summed E-state index contributed by atoms with van der Waals surface area (Å²) in [6.45, 7) is 4.09. The second-order valence-corrected chi connectivity index (χ2v) is 5.15. The lowest BCUT2D eigenvalue weighted by atomic mass is 9.98. The lowest BCUT2D eigenvalue weighted by Gasteiger charge is -2.24. The Labute approximate surface area is 105 Å². The smallest absolute Gasteiger partial charge is 0.268 e. The van der Waals surface area contributed by atoms with Gasteiger partial charge >= 0.3 is 0 Å². The van der Waals surface area contributed by atoms with Gasteiger partial charge in [0.05, 0.1) is 5.60 Å². The molecule has 1 aromatic rings. The number of halogens is 2. The van der Waals surface area contributed by atoms with Crippen LogP contribution in [0.3, 0.4) is 0 Å². The zero-order valence-electron chi connectivity index (χ0n) is 10.7. The van der Waals surface area contributed by atoms with E-state index in [9.17, 15) is 19.0 Å². The molecule has 0 spiro atoms. The van der Waals surface area contributed by atoms with Crippen molar-refractivity contribution in [3.63, 3.8) is 0 Å². The number of anilines is 1. The molecular weight excluding hydrogens is 240 g/mol. The topological polar surface area (TPSA) is 52.5 Å². The molecule has 0 saturated carbocycles. The Morgan fingerprint density at radius 3 is 2.33 bits per heavy atom. The van der Waals surface area contributed by atoms with Gasteiger partial charge in [0, 0.05) is 12.2 Å². The molecule has 1 aromatic carbocycles. The minimum atomic E-state index is -2.82. The lowest BCUT2D eigenvalue weighted by molar-refractivity contribution is -0.0732. The molecule has 1 atom stereocenters. The van der Waals surface area contributed by atoms with E-state index in [2.05, 4.69) is 5.32 Å². The molecule has 0 heterocycles. The molecule has 0 aliphatic heterocycles. The van der Waals surface area contributed by atoms with Crippen LogP contribution in [-0.2, 0) is 5.60 Å². The summed E-state index contributed by atoms with van der Waals surface area (Å²) in [4.78, 5) is 0. The molecule has 0 aromatic heterocycles. The summed E-state index contributed by atoms with van der Waals surface area (Å²) in [7, 11) is 0. The maximum Gasteiger partial charge on any atom is 0.268 e. The van der Waals surface area contributed by atoms with E-state index in [1.807, 2.05) is 0 Å². The summed E-state index contributed by atoms with van der Waals surface area (Å²) in [5, 5.41) is 22.0. The van der Waals surface area contributed by atoms with Crippen molar-refractivity contribution >= 4 is 5.69 Å². The predicted octanol–water partition coefficient (Wildman–Crippen LogP) is 2.34. The van der Waals surface area contributed by atoms with E-state index in [-0.39, 0.29) is 6.54 Å². The van der Waals surface area contributed by atoms with Crippen molar-refractivity contribution in [2.24, 2.45) is 0 Å². The van der Waals surface area contributed by atoms with Crippen LogP contribution in [0.5, 0.6) is 0 Å². The van der Waals surface area contributed by atoms with Gasteiger partial charge in [-0.25, -0.2) is 8.78 Å². The molecule has 0 bridgehead atoms. The van der Waals surface area contributed by atoms with Crippen molar-refractivity contribution in [3.05, 3.63) is 29.8 Å². The van der Waals surface area contributed by atoms with Gasteiger partial charge in [-0.05, 0) is 38.5 Å². The summed E-state index contributed by atoms with van der Waals surface area (Å²) in [6, 6.07) is 6.82. The van der Waals surface area contributed by atoms with Gasteiger partial charge in [-0.2, -0.15) is 0 Å². The summed E-state index contributed by atoms with van der Waals surface area (Å²) in [6.07, 6.45) is -2.82. The molecule has 0 fully saturated rings. The third-order valence-corrected chi connectivity index (χ3v) is 2.69. The van der Waals surface area contributed by atoms with Gasteiger partial charge in [0.25, 0.3) is 6.43 Å². The van der Waals surface area contributed by atoms with E-state index in [1.165, 1.54) is 0 Å². The molecule has 3 nitrogen and oxygen atoms in total. The van der Waals surface area contributed by atoms with Gasteiger partial charge in [-0.1, -0.05) is 12.1 Å². The first-order valence-corrected chi connectivity index (χ1v) is 5.70. The van der Waals surface area contributed by atoms with Crippen LogP contribution < -0.4 is 5.32 Å². The second kappa shape index (κ2) is 5.20. The third kappa shape index (κ3) is 3.92. The lowest BCUT2D eigenvalue weighted by Crippen LogP contribution is -2.40. The van der Waals surface area contributed by atoms with Crippen LogP contribution in [0.15, 0.2) is 24.3 Å². The van der Waals surface area contributed by atoms with Crippen molar-refractivity contribution < 1.29 is 19.0 Å². The van der Waals surface area contributed by atoms with E-state index in [1.54, 1.807) is 38.1 Å². The van der Waals surface area contributed by atoms with E-state index in [4.69, 9.17) is 0 Å². The zero-order valence-corrected chi connectivity index (χ0v) is 10.7. The minimum Gasteiger partial charge on any atom is -0.386 e. The van der Waals surface area contributed by atoms with Gasteiger partial charge in [0.1, 0.15) is 5.60 Å². The van der Waals surface area contributed by atoms with E-state index >= 15 is 0 Å². The van der Waals surface area contributed by atoms with Gasteiger partial charge in [-0.15, -0.1) is 0 Å². The highest BCUT2D eigenvalue weighted by Gasteiger charge is 2.31. The first kappa shape index (κ1) is 14.9. The fraction of sp³-hybridized carbons (Fsp3) is 0.538. The predicted molar refractivity (Wildman–Crippen MR) is 66.8 cm³/mol. The van der Waals surface area contributed by atoms with Crippen LogP contribution in [0.2, 0.25) is 0 Å². The highest BCUT2D eigenvalue weighted by atomic mass is 19.3. The number of nitrogens with one attached hydrogen (secondary N) is 1. The summed E-state index contributed by atoms with van der Waals surface area (Å²) < 4.78 is 24.9. The molecular formula is C13H19F2NO2. The zero-order chi connectivity index (χ0) is 14.0.